The molecule has 1 aromatic carbocycles. The molecule has 0 atom stereocenters. The number of carbonyl (C=O) groups is 2. The molecule has 0 amide bonds. The molecule has 8 nitrogen and oxygen atoms in total. The normalized spacial score (nSPS) is 11.5. The lowest BCUT2D eigenvalue weighted by Crippen LogP contribution is -2.20. The Morgan fingerprint density at radius 1 is 1.29 bits per heavy atom. The second-order valence-corrected chi connectivity index (χ2v) is 6.60. The van der Waals surface area contributed by atoms with Gasteiger partial charge >= 0.3 is 12.1 Å². The van der Waals surface area contributed by atoms with E-state index in [0.717, 1.165) is 4.57 Å². The van der Waals surface area contributed by atoms with Crippen molar-refractivity contribution < 1.29 is 24.4 Å². The molecule has 0 aliphatic rings. The molecule has 8 heteroatoms. The number of hydrogen-bond donors (Lipinski definition) is 1. The molecular weight excluding hydrogens is 316 g/mol. The van der Waals surface area contributed by atoms with Crippen molar-refractivity contribution in [2.45, 2.75) is 27.2 Å². The highest BCUT2D eigenvalue weighted by Crippen LogP contribution is 2.25. The average molecular weight is 334 g/mol. The van der Waals surface area contributed by atoms with Crippen LogP contribution in [0.5, 0.6) is 0 Å². The number of carboxylic acid groups (broad SMARTS) is 1. The van der Waals surface area contributed by atoms with E-state index in [1.54, 1.807) is 0 Å². The summed E-state index contributed by atoms with van der Waals surface area (Å²) in [7, 11) is 0. The number of aromatic carboxylic acids is 1. The number of rotatable bonds is 4. The van der Waals surface area contributed by atoms with Crippen molar-refractivity contribution in [2.75, 3.05) is 6.61 Å². The van der Waals surface area contributed by atoms with Crippen molar-refractivity contribution >= 4 is 28.7 Å². The van der Waals surface area contributed by atoms with E-state index in [4.69, 9.17) is 4.74 Å². The fourth-order valence-electron chi connectivity index (χ4n) is 2.18. The van der Waals surface area contributed by atoms with Crippen LogP contribution in [0.15, 0.2) is 24.3 Å². The molecule has 24 heavy (non-hydrogen) atoms. The maximum absolute atomic E-state index is 12.3. The third kappa shape index (κ3) is 3.70. The van der Waals surface area contributed by atoms with Crippen LogP contribution >= 0.6 is 0 Å². The Labute approximate surface area is 137 Å². The van der Waals surface area contributed by atoms with Crippen LogP contribution in [0, 0.1) is 15.5 Å². The third-order valence-electron chi connectivity index (χ3n) is 3.48. The van der Waals surface area contributed by atoms with Crippen LogP contribution in [-0.4, -0.2) is 33.3 Å². The molecule has 0 bridgehead atoms. The van der Waals surface area contributed by atoms with Crippen LogP contribution in [0.2, 0.25) is 0 Å². The highest BCUT2D eigenvalue weighted by atomic mass is 16.6. The van der Waals surface area contributed by atoms with Gasteiger partial charge in [-0.25, -0.2) is 14.2 Å². The van der Waals surface area contributed by atoms with Gasteiger partial charge in [0.2, 0.25) is 0 Å². The maximum atomic E-state index is 12.3. The van der Waals surface area contributed by atoms with Crippen molar-refractivity contribution in [2.24, 2.45) is 5.41 Å². The Morgan fingerprint density at radius 3 is 2.50 bits per heavy atom. The summed E-state index contributed by atoms with van der Waals surface area (Å²) < 4.78 is 6.09. The van der Waals surface area contributed by atoms with Gasteiger partial charge < -0.3 is 9.84 Å². The zero-order valence-corrected chi connectivity index (χ0v) is 13.6. The first-order valence-corrected chi connectivity index (χ1v) is 7.30. The van der Waals surface area contributed by atoms with Gasteiger partial charge in [-0.05, 0) is 24.0 Å². The number of nitro benzene ring substituents is 1. The summed E-state index contributed by atoms with van der Waals surface area (Å²) in [6, 6.07) is 4.99. The van der Waals surface area contributed by atoms with E-state index in [1.807, 2.05) is 20.8 Å². The monoisotopic (exact) mass is 334 g/mol. The van der Waals surface area contributed by atoms with Gasteiger partial charge in [-0.3, -0.25) is 10.1 Å². The number of hydrogen-bond acceptors (Lipinski definition) is 5. The average Bonchev–Trinajstić information content (AvgIpc) is 2.84. The SMILES string of the molecule is CC(C)(C)CCOC(=O)n1c(C(=O)O)cc2cc([N+](=O)[O-])ccc21. The molecule has 0 radical (unpaired) electrons. The van der Waals surface area contributed by atoms with Crippen LogP contribution in [0.25, 0.3) is 10.9 Å². The number of carboxylic acids is 1. The van der Waals surface area contributed by atoms with Gasteiger partial charge in [-0.1, -0.05) is 20.8 Å². The Hall–Kier alpha value is -2.90. The van der Waals surface area contributed by atoms with Gasteiger partial charge in [0.05, 0.1) is 17.0 Å². The molecule has 1 heterocycles. The third-order valence-corrected chi connectivity index (χ3v) is 3.48. The molecule has 0 fully saturated rings. The number of non-ortho nitro benzene ring substituents is 1. The minimum atomic E-state index is -1.32. The van der Waals surface area contributed by atoms with E-state index in [0.29, 0.717) is 6.42 Å². The van der Waals surface area contributed by atoms with E-state index < -0.39 is 17.0 Å². The molecule has 1 aromatic heterocycles. The predicted molar refractivity (Wildman–Crippen MR) is 86.4 cm³/mol. The van der Waals surface area contributed by atoms with Gasteiger partial charge in [0.1, 0.15) is 5.69 Å². The molecule has 0 saturated heterocycles. The zero-order valence-electron chi connectivity index (χ0n) is 13.6. The largest absolute Gasteiger partial charge is 0.477 e. The summed E-state index contributed by atoms with van der Waals surface area (Å²) in [6.07, 6.45) is -0.202. The summed E-state index contributed by atoms with van der Waals surface area (Å²) in [5, 5.41) is 20.4. The van der Waals surface area contributed by atoms with Crippen molar-refractivity contribution in [3.63, 3.8) is 0 Å². The number of carbonyl (C=O) groups excluding carboxylic acids is 1. The van der Waals surface area contributed by atoms with Crippen LogP contribution in [0.4, 0.5) is 10.5 Å². The van der Waals surface area contributed by atoms with E-state index >= 15 is 0 Å². The van der Waals surface area contributed by atoms with Crippen molar-refractivity contribution in [3.05, 3.63) is 40.1 Å². The molecular formula is C16H18N2O6. The van der Waals surface area contributed by atoms with Crippen LogP contribution < -0.4 is 0 Å². The molecule has 128 valence electrons. The van der Waals surface area contributed by atoms with E-state index in [9.17, 15) is 24.8 Å². The van der Waals surface area contributed by atoms with Gasteiger partial charge in [-0.15, -0.1) is 0 Å². The molecule has 0 spiro atoms. The van der Waals surface area contributed by atoms with Crippen molar-refractivity contribution in [3.8, 4) is 0 Å². The van der Waals surface area contributed by atoms with Gasteiger partial charge in [0.25, 0.3) is 5.69 Å². The van der Waals surface area contributed by atoms with Gasteiger partial charge in [0, 0.05) is 17.5 Å². The first-order valence-electron chi connectivity index (χ1n) is 7.30. The second kappa shape index (κ2) is 6.31. The number of ether oxygens (including phenoxy) is 1. The Balaban J connectivity index is 2.40. The minimum Gasteiger partial charge on any atom is -0.477 e. The van der Waals surface area contributed by atoms with Crippen molar-refractivity contribution in [1.82, 2.24) is 4.57 Å². The standard InChI is InChI=1S/C16H18N2O6/c1-16(2,3)6-7-24-15(21)17-12-5-4-11(18(22)23)8-10(12)9-13(17)14(19)20/h4-5,8-9H,6-7H2,1-3H3,(H,19,20). The minimum absolute atomic E-state index is 0.0325. The number of benzene rings is 1. The molecule has 0 unspecified atom stereocenters. The fraction of sp³-hybridized carbons (Fsp3) is 0.375. The van der Waals surface area contributed by atoms with Crippen LogP contribution in [0.3, 0.4) is 0 Å². The summed E-state index contributed by atoms with van der Waals surface area (Å²) in [5.74, 6) is -1.32. The van der Waals surface area contributed by atoms with E-state index in [-0.39, 0.29) is 34.3 Å². The molecule has 2 rings (SSSR count). The topological polar surface area (TPSA) is 112 Å². The fourth-order valence-corrected chi connectivity index (χ4v) is 2.18. The molecule has 0 aliphatic carbocycles. The second-order valence-electron chi connectivity index (χ2n) is 6.60. The smallest absolute Gasteiger partial charge is 0.419 e. The predicted octanol–water partition coefficient (Wildman–Crippen LogP) is 3.67. The van der Waals surface area contributed by atoms with E-state index in [1.165, 1.54) is 24.3 Å². The van der Waals surface area contributed by atoms with Crippen molar-refractivity contribution in [1.29, 1.82) is 0 Å². The van der Waals surface area contributed by atoms with Crippen LogP contribution in [-0.2, 0) is 4.74 Å². The lowest BCUT2D eigenvalue weighted by Gasteiger charge is -2.17. The number of nitrogens with zero attached hydrogens (tertiary/aromatic N) is 2. The number of aromatic nitrogens is 1. The lowest BCUT2D eigenvalue weighted by atomic mass is 9.93. The highest BCUT2D eigenvalue weighted by Gasteiger charge is 2.23. The summed E-state index contributed by atoms with van der Waals surface area (Å²) in [6.45, 7) is 6.13. The summed E-state index contributed by atoms with van der Waals surface area (Å²) in [4.78, 5) is 33.9. The quantitative estimate of drug-likeness (QED) is 0.674. The molecule has 0 aliphatic heterocycles. The van der Waals surface area contributed by atoms with Gasteiger partial charge in [-0.2, -0.15) is 0 Å². The first-order chi connectivity index (χ1) is 11.1. The summed E-state index contributed by atoms with van der Waals surface area (Å²) >= 11 is 0. The van der Waals surface area contributed by atoms with Gasteiger partial charge in [0.15, 0.2) is 0 Å². The summed E-state index contributed by atoms with van der Waals surface area (Å²) in [5.41, 5.74) is -0.266. The Morgan fingerprint density at radius 2 is 1.96 bits per heavy atom. The maximum Gasteiger partial charge on any atom is 0.419 e. The Bertz CT molecular complexity index is 816. The highest BCUT2D eigenvalue weighted by molar-refractivity contribution is 6.01. The van der Waals surface area contributed by atoms with E-state index in [2.05, 4.69) is 0 Å². The Kier molecular flexibility index (Phi) is 4.59. The number of nitro groups is 1. The first kappa shape index (κ1) is 17.5. The molecule has 1 N–H and O–H groups in total. The molecule has 0 saturated carbocycles. The van der Waals surface area contributed by atoms with Crippen LogP contribution in [0.1, 0.15) is 37.7 Å². The number of fused-ring (bicyclic) bond motifs is 1. The lowest BCUT2D eigenvalue weighted by molar-refractivity contribution is -0.384. The molecule has 2 aromatic rings. The zero-order chi connectivity index (χ0) is 18.1.